The van der Waals surface area contributed by atoms with Crippen LogP contribution in [0, 0.1) is 0 Å². The zero-order valence-electron chi connectivity index (χ0n) is 8.91. The van der Waals surface area contributed by atoms with Crippen LogP contribution in [0.5, 0.6) is 0 Å². The molecule has 0 heterocycles. The van der Waals surface area contributed by atoms with E-state index in [4.69, 9.17) is 0 Å². The van der Waals surface area contributed by atoms with Gasteiger partial charge in [-0.1, -0.05) is 12.2 Å². The Bertz CT molecular complexity index is 325. The van der Waals surface area contributed by atoms with Crippen LogP contribution in [-0.4, -0.2) is 26.2 Å². The SMILES string of the molecule is COC(=O)C1=C(C(=O)OC)CCCC=C1. The molecule has 4 heteroatoms. The molecule has 1 aliphatic carbocycles. The van der Waals surface area contributed by atoms with Gasteiger partial charge in [0.25, 0.3) is 0 Å². The highest BCUT2D eigenvalue weighted by Gasteiger charge is 2.21. The molecule has 0 N–H and O–H groups in total. The first-order valence-corrected chi connectivity index (χ1v) is 4.77. The van der Waals surface area contributed by atoms with Crippen molar-refractivity contribution in [3.05, 3.63) is 23.3 Å². The van der Waals surface area contributed by atoms with Crippen molar-refractivity contribution < 1.29 is 19.1 Å². The summed E-state index contributed by atoms with van der Waals surface area (Å²) in [6.45, 7) is 0. The molecule has 0 radical (unpaired) electrons. The highest BCUT2D eigenvalue weighted by molar-refractivity contribution is 6.02. The van der Waals surface area contributed by atoms with Crippen molar-refractivity contribution in [1.82, 2.24) is 0 Å². The van der Waals surface area contributed by atoms with E-state index >= 15 is 0 Å². The second-order valence-corrected chi connectivity index (χ2v) is 3.17. The van der Waals surface area contributed by atoms with Crippen molar-refractivity contribution >= 4 is 11.9 Å². The van der Waals surface area contributed by atoms with E-state index in [-0.39, 0.29) is 0 Å². The molecule has 0 saturated heterocycles. The summed E-state index contributed by atoms with van der Waals surface area (Å²) in [5, 5.41) is 0. The molecule has 0 atom stereocenters. The van der Waals surface area contributed by atoms with Gasteiger partial charge in [0.2, 0.25) is 0 Å². The molecular formula is C11H14O4. The Morgan fingerprint density at radius 1 is 1.20 bits per heavy atom. The van der Waals surface area contributed by atoms with Crippen LogP contribution < -0.4 is 0 Å². The topological polar surface area (TPSA) is 52.6 Å². The molecule has 0 amide bonds. The van der Waals surface area contributed by atoms with Gasteiger partial charge in [0, 0.05) is 0 Å². The molecule has 4 nitrogen and oxygen atoms in total. The average Bonchev–Trinajstić information content (AvgIpc) is 2.52. The van der Waals surface area contributed by atoms with E-state index in [1.165, 1.54) is 14.2 Å². The van der Waals surface area contributed by atoms with Crippen molar-refractivity contribution in [2.24, 2.45) is 0 Å². The van der Waals surface area contributed by atoms with Gasteiger partial charge in [-0.15, -0.1) is 0 Å². The second kappa shape index (κ2) is 5.34. The molecule has 0 aliphatic heterocycles. The lowest BCUT2D eigenvalue weighted by Gasteiger charge is -2.07. The van der Waals surface area contributed by atoms with Crippen LogP contribution >= 0.6 is 0 Å². The molecule has 0 bridgehead atoms. The third kappa shape index (κ3) is 2.68. The van der Waals surface area contributed by atoms with Crippen LogP contribution in [0.1, 0.15) is 19.3 Å². The van der Waals surface area contributed by atoms with Crippen molar-refractivity contribution in [1.29, 1.82) is 0 Å². The van der Waals surface area contributed by atoms with E-state index in [1.807, 2.05) is 6.08 Å². The lowest BCUT2D eigenvalue weighted by atomic mass is 10.1. The Hall–Kier alpha value is -1.58. The fourth-order valence-corrected chi connectivity index (χ4v) is 1.47. The molecule has 0 spiro atoms. The number of ether oxygens (including phenoxy) is 2. The fourth-order valence-electron chi connectivity index (χ4n) is 1.47. The maximum Gasteiger partial charge on any atom is 0.338 e. The number of hydrogen-bond acceptors (Lipinski definition) is 4. The molecule has 0 aromatic heterocycles. The number of carbonyl (C=O) groups is 2. The summed E-state index contributed by atoms with van der Waals surface area (Å²) in [5.41, 5.74) is 0.708. The molecule has 1 rings (SSSR count). The first kappa shape index (κ1) is 11.5. The fraction of sp³-hybridized carbons (Fsp3) is 0.455. The Kier molecular flexibility index (Phi) is 4.09. The maximum atomic E-state index is 11.4. The molecule has 0 aromatic rings. The molecule has 0 fully saturated rings. The van der Waals surface area contributed by atoms with E-state index in [0.29, 0.717) is 17.6 Å². The highest BCUT2D eigenvalue weighted by Crippen LogP contribution is 2.20. The van der Waals surface area contributed by atoms with Gasteiger partial charge >= 0.3 is 11.9 Å². The van der Waals surface area contributed by atoms with Crippen LogP contribution in [0.4, 0.5) is 0 Å². The van der Waals surface area contributed by atoms with Crippen molar-refractivity contribution in [3.8, 4) is 0 Å². The van der Waals surface area contributed by atoms with E-state index in [0.717, 1.165) is 12.8 Å². The third-order valence-electron chi connectivity index (χ3n) is 2.24. The molecule has 82 valence electrons. The van der Waals surface area contributed by atoms with Crippen LogP contribution in [-0.2, 0) is 19.1 Å². The molecular weight excluding hydrogens is 196 g/mol. The first-order chi connectivity index (χ1) is 7.20. The first-order valence-electron chi connectivity index (χ1n) is 4.77. The Morgan fingerprint density at radius 2 is 1.87 bits per heavy atom. The molecule has 15 heavy (non-hydrogen) atoms. The average molecular weight is 210 g/mol. The number of hydrogen-bond donors (Lipinski definition) is 0. The van der Waals surface area contributed by atoms with E-state index in [1.54, 1.807) is 6.08 Å². The Morgan fingerprint density at radius 3 is 2.47 bits per heavy atom. The Labute approximate surface area is 88.6 Å². The monoisotopic (exact) mass is 210 g/mol. The van der Waals surface area contributed by atoms with Gasteiger partial charge in [0.1, 0.15) is 0 Å². The summed E-state index contributed by atoms with van der Waals surface area (Å²) in [6.07, 6.45) is 5.72. The van der Waals surface area contributed by atoms with Crippen LogP contribution in [0.3, 0.4) is 0 Å². The molecule has 0 unspecified atom stereocenters. The molecule has 0 saturated carbocycles. The zero-order chi connectivity index (χ0) is 11.3. The summed E-state index contributed by atoms with van der Waals surface area (Å²) >= 11 is 0. The quantitative estimate of drug-likeness (QED) is 0.646. The summed E-state index contributed by atoms with van der Waals surface area (Å²) in [7, 11) is 2.60. The number of rotatable bonds is 2. The van der Waals surface area contributed by atoms with Crippen molar-refractivity contribution in [3.63, 3.8) is 0 Å². The predicted molar refractivity (Wildman–Crippen MR) is 54.0 cm³/mol. The standard InChI is InChI=1S/C11H14O4/c1-14-10(12)8-6-4-3-5-7-9(8)11(13)15-2/h4,6H,3,5,7H2,1-2H3. The second-order valence-electron chi connectivity index (χ2n) is 3.17. The predicted octanol–water partition coefficient (Wildman–Crippen LogP) is 1.37. The van der Waals surface area contributed by atoms with Gasteiger partial charge in [-0.3, -0.25) is 0 Å². The van der Waals surface area contributed by atoms with Gasteiger partial charge < -0.3 is 9.47 Å². The third-order valence-corrected chi connectivity index (χ3v) is 2.24. The minimum absolute atomic E-state index is 0.307. The lowest BCUT2D eigenvalue weighted by molar-refractivity contribution is -0.139. The summed E-state index contributed by atoms with van der Waals surface area (Å²) in [4.78, 5) is 22.8. The normalized spacial score (nSPS) is 15.9. The van der Waals surface area contributed by atoms with Crippen LogP contribution in [0.2, 0.25) is 0 Å². The minimum atomic E-state index is -0.492. The van der Waals surface area contributed by atoms with Gasteiger partial charge in [-0.25, -0.2) is 9.59 Å². The summed E-state index contributed by atoms with van der Waals surface area (Å²) in [6, 6.07) is 0. The summed E-state index contributed by atoms with van der Waals surface area (Å²) < 4.78 is 9.25. The number of carbonyl (C=O) groups excluding carboxylic acids is 2. The molecule has 1 aliphatic rings. The highest BCUT2D eigenvalue weighted by atomic mass is 16.5. The van der Waals surface area contributed by atoms with Gasteiger partial charge in [0.15, 0.2) is 0 Å². The van der Waals surface area contributed by atoms with Crippen LogP contribution in [0.25, 0.3) is 0 Å². The van der Waals surface area contributed by atoms with Gasteiger partial charge in [-0.05, 0) is 19.3 Å². The minimum Gasteiger partial charge on any atom is -0.466 e. The van der Waals surface area contributed by atoms with E-state index < -0.39 is 11.9 Å². The molecule has 0 aromatic carbocycles. The Balaban J connectivity index is 3.09. The van der Waals surface area contributed by atoms with E-state index in [9.17, 15) is 9.59 Å². The van der Waals surface area contributed by atoms with Gasteiger partial charge in [0.05, 0.1) is 25.4 Å². The maximum absolute atomic E-state index is 11.4. The zero-order valence-corrected chi connectivity index (χ0v) is 8.91. The number of esters is 2. The number of allylic oxidation sites excluding steroid dienone is 1. The van der Waals surface area contributed by atoms with Gasteiger partial charge in [-0.2, -0.15) is 0 Å². The van der Waals surface area contributed by atoms with Crippen LogP contribution in [0.15, 0.2) is 23.3 Å². The largest absolute Gasteiger partial charge is 0.466 e. The smallest absolute Gasteiger partial charge is 0.338 e. The van der Waals surface area contributed by atoms with E-state index in [2.05, 4.69) is 9.47 Å². The summed E-state index contributed by atoms with van der Waals surface area (Å²) in [5.74, 6) is -0.949. The number of methoxy groups -OCH3 is 2. The lowest BCUT2D eigenvalue weighted by Crippen LogP contribution is -2.13. The van der Waals surface area contributed by atoms with Crippen molar-refractivity contribution in [2.75, 3.05) is 14.2 Å². The van der Waals surface area contributed by atoms with Crippen molar-refractivity contribution in [2.45, 2.75) is 19.3 Å².